The molecule has 1 aromatic carbocycles. The van der Waals surface area contributed by atoms with Gasteiger partial charge in [-0.05, 0) is 43.3 Å². The van der Waals surface area contributed by atoms with Crippen LogP contribution >= 0.6 is 11.6 Å². The van der Waals surface area contributed by atoms with E-state index in [-0.39, 0.29) is 5.92 Å². The summed E-state index contributed by atoms with van der Waals surface area (Å²) >= 11 is 6.09. The van der Waals surface area contributed by atoms with Crippen LogP contribution < -0.4 is 5.32 Å². The van der Waals surface area contributed by atoms with Gasteiger partial charge in [-0.25, -0.2) is 14.6 Å². The first-order valence-electron chi connectivity index (χ1n) is 9.74. The minimum Gasteiger partial charge on any atom is -0.378 e. The number of hydrogen-bond donors (Lipinski definition) is 2. The van der Waals surface area contributed by atoms with Gasteiger partial charge in [0.1, 0.15) is 23.7 Å². The number of aryl methyl sites for hydroxylation is 1. The van der Waals surface area contributed by atoms with Crippen molar-refractivity contribution in [1.29, 1.82) is 0 Å². The zero-order chi connectivity index (χ0) is 20.5. The Kier molecular flexibility index (Phi) is 4.80. The van der Waals surface area contributed by atoms with Gasteiger partial charge in [-0.1, -0.05) is 29.8 Å². The standard InChI is InChI=1S/C22H20ClN7/c1-14-4-2-7-18(27-14)22-21(15-8-9-20-25-13-26-30(20)12-15)28-19(29-22)11-24-17-6-3-5-16(23)10-17/h2-10,13,15,24H,11-12H2,1H3,(H,28,29). The number of allylic oxidation sites excluding steroid dienone is 1. The first kappa shape index (κ1) is 18.6. The van der Waals surface area contributed by atoms with E-state index in [1.54, 1.807) is 6.33 Å². The lowest BCUT2D eigenvalue weighted by molar-refractivity contribution is 0.551. The van der Waals surface area contributed by atoms with Gasteiger partial charge >= 0.3 is 0 Å². The van der Waals surface area contributed by atoms with E-state index in [0.29, 0.717) is 18.1 Å². The molecule has 7 nitrogen and oxygen atoms in total. The summed E-state index contributed by atoms with van der Waals surface area (Å²) in [4.78, 5) is 17.4. The average molecular weight is 418 g/mol. The van der Waals surface area contributed by atoms with Crippen LogP contribution in [0.15, 0.2) is 54.9 Å². The number of imidazole rings is 1. The van der Waals surface area contributed by atoms with Crippen LogP contribution in [0.3, 0.4) is 0 Å². The maximum atomic E-state index is 6.09. The highest BCUT2D eigenvalue weighted by Gasteiger charge is 2.24. The molecule has 150 valence electrons. The average Bonchev–Trinajstić information content (AvgIpc) is 3.39. The van der Waals surface area contributed by atoms with Gasteiger partial charge in [0, 0.05) is 22.3 Å². The fourth-order valence-corrected chi connectivity index (χ4v) is 3.81. The number of hydrogen-bond acceptors (Lipinski definition) is 5. The fraction of sp³-hybridized carbons (Fsp3) is 0.182. The first-order valence-corrected chi connectivity index (χ1v) is 10.1. The topological polar surface area (TPSA) is 84.3 Å². The maximum absolute atomic E-state index is 6.09. The van der Waals surface area contributed by atoms with E-state index in [0.717, 1.165) is 40.1 Å². The molecule has 1 atom stereocenters. The number of aromatic nitrogens is 6. The van der Waals surface area contributed by atoms with Gasteiger partial charge in [0.15, 0.2) is 0 Å². The Balaban J connectivity index is 1.48. The lowest BCUT2D eigenvalue weighted by Gasteiger charge is -2.17. The fourth-order valence-electron chi connectivity index (χ4n) is 3.62. The third kappa shape index (κ3) is 3.71. The number of nitrogens with one attached hydrogen (secondary N) is 2. The van der Waals surface area contributed by atoms with Crippen molar-refractivity contribution >= 4 is 23.4 Å². The molecule has 0 saturated heterocycles. The number of H-pyrrole nitrogens is 1. The Labute approximate surface area is 178 Å². The van der Waals surface area contributed by atoms with E-state index in [4.69, 9.17) is 21.6 Å². The summed E-state index contributed by atoms with van der Waals surface area (Å²) in [6, 6.07) is 13.6. The number of rotatable bonds is 5. The number of fused-ring (bicyclic) bond motifs is 1. The van der Waals surface area contributed by atoms with Crippen molar-refractivity contribution in [3.8, 4) is 11.4 Å². The minimum atomic E-state index is 0.101. The van der Waals surface area contributed by atoms with Crippen LogP contribution in [0.2, 0.25) is 5.02 Å². The summed E-state index contributed by atoms with van der Waals surface area (Å²) in [6.07, 6.45) is 5.72. The number of anilines is 1. The second-order valence-corrected chi connectivity index (χ2v) is 7.68. The van der Waals surface area contributed by atoms with E-state index in [1.807, 2.05) is 60.1 Å². The summed E-state index contributed by atoms with van der Waals surface area (Å²) < 4.78 is 1.91. The zero-order valence-electron chi connectivity index (χ0n) is 16.4. The Morgan fingerprint density at radius 3 is 2.97 bits per heavy atom. The van der Waals surface area contributed by atoms with Gasteiger partial charge in [-0.15, -0.1) is 0 Å². The molecule has 8 heteroatoms. The van der Waals surface area contributed by atoms with Crippen molar-refractivity contribution in [2.45, 2.75) is 25.9 Å². The molecule has 0 spiro atoms. The molecule has 3 aromatic heterocycles. The number of aromatic amines is 1. The Bertz CT molecular complexity index is 1220. The number of halogens is 1. The number of pyridine rings is 1. The van der Waals surface area contributed by atoms with Gasteiger partial charge in [-0.2, -0.15) is 5.10 Å². The maximum Gasteiger partial charge on any atom is 0.150 e. The van der Waals surface area contributed by atoms with Gasteiger partial charge in [0.2, 0.25) is 0 Å². The van der Waals surface area contributed by atoms with Crippen LogP contribution in [-0.4, -0.2) is 29.7 Å². The van der Waals surface area contributed by atoms with Gasteiger partial charge in [0.25, 0.3) is 0 Å². The predicted octanol–water partition coefficient (Wildman–Crippen LogP) is 4.45. The Morgan fingerprint density at radius 1 is 1.20 bits per heavy atom. The van der Waals surface area contributed by atoms with Crippen molar-refractivity contribution in [3.63, 3.8) is 0 Å². The molecule has 0 bridgehead atoms. The highest BCUT2D eigenvalue weighted by atomic mass is 35.5. The van der Waals surface area contributed by atoms with Crippen LogP contribution in [0.4, 0.5) is 5.69 Å². The molecular formula is C22H20ClN7. The molecule has 5 rings (SSSR count). The summed E-state index contributed by atoms with van der Waals surface area (Å²) in [5.41, 5.74) is 4.64. The van der Waals surface area contributed by atoms with Crippen LogP contribution in [0, 0.1) is 6.92 Å². The Hall–Kier alpha value is -3.45. The normalized spacial score (nSPS) is 15.2. The van der Waals surface area contributed by atoms with Crippen molar-refractivity contribution in [3.05, 3.63) is 82.9 Å². The Morgan fingerprint density at radius 2 is 2.10 bits per heavy atom. The predicted molar refractivity (Wildman–Crippen MR) is 117 cm³/mol. The molecule has 30 heavy (non-hydrogen) atoms. The molecule has 1 unspecified atom stereocenters. The molecular weight excluding hydrogens is 398 g/mol. The van der Waals surface area contributed by atoms with Crippen LogP contribution in [0.1, 0.15) is 29.0 Å². The molecule has 0 radical (unpaired) electrons. The van der Waals surface area contributed by atoms with E-state index in [1.165, 1.54) is 0 Å². The van der Waals surface area contributed by atoms with E-state index in [9.17, 15) is 0 Å². The zero-order valence-corrected chi connectivity index (χ0v) is 17.1. The summed E-state index contributed by atoms with van der Waals surface area (Å²) in [5.74, 6) is 1.80. The van der Waals surface area contributed by atoms with Gasteiger partial charge in [-0.3, -0.25) is 4.98 Å². The largest absolute Gasteiger partial charge is 0.378 e. The molecule has 0 aliphatic carbocycles. The summed E-state index contributed by atoms with van der Waals surface area (Å²) in [5, 5.41) is 8.39. The summed E-state index contributed by atoms with van der Waals surface area (Å²) in [7, 11) is 0. The molecule has 1 aliphatic rings. The van der Waals surface area contributed by atoms with E-state index < -0.39 is 0 Å². The smallest absolute Gasteiger partial charge is 0.150 e. The highest BCUT2D eigenvalue weighted by molar-refractivity contribution is 6.30. The molecule has 4 heterocycles. The SMILES string of the molecule is Cc1cccc(-c2nc(CNc3cccc(Cl)c3)[nH]c2C2C=Cc3ncnn3C2)n1. The van der Waals surface area contributed by atoms with Crippen molar-refractivity contribution in [1.82, 2.24) is 29.7 Å². The molecule has 0 saturated carbocycles. The van der Waals surface area contributed by atoms with Crippen molar-refractivity contribution in [2.24, 2.45) is 0 Å². The van der Waals surface area contributed by atoms with Crippen LogP contribution in [-0.2, 0) is 13.1 Å². The lowest BCUT2D eigenvalue weighted by Crippen LogP contribution is -2.15. The second-order valence-electron chi connectivity index (χ2n) is 7.24. The summed E-state index contributed by atoms with van der Waals surface area (Å²) in [6.45, 7) is 3.23. The second kappa shape index (κ2) is 7.76. The molecule has 0 fully saturated rings. The van der Waals surface area contributed by atoms with Crippen LogP contribution in [0.5, 0.6) is 0 Å². The number of nitrogens with zero attached hydrogens (tertiary/aromatic N) is 5. The number of benzene rings is 1. The molecule has 2 N–H and O–H groups in total. The lowest BCUT2D eigenvalue weighted by atomic mass is 9.99. The van der Waals surface area contributed by atoms with Crippen LogP contribution in [0.25, 0.3) is 17.5 Å². The van der Waals surface area contributed by atoms with Crippen molar-refractivity contribution in [2.75, 3.05) is 5.32 Å². The quantitative estimate of drug-likeness (QED) is 0.501. The first-order chi connectivity index (χ1) is 14.7. The highest BCUT2D eigenvalue weighted by Crippen LogP contribution is 2.31. The van der Waals surface area contributed by atoms with E-state index >= 15 is 0 Å². The van der Waals surface area contributed by atoms with E-state index in [2.05, 4.69) is 26.5 Å². The molecule has 0 amide bonds. The van der Waals surface area contributed by atoms with Gasteiger partial charge < -0.3 is 10.3 Å². The monoisotopic (exact) mass is 417 g/mol. The molecule has 1 aliphatic heterocycles. The third-order valence-electron chi connectivity index (χ3n) is 5.06. The third-order valence-corrected chi connectivity index (χ3v) is 5.29. The molecule has 4 aromatic rings. The van der Waals surface area contributed by atoms with Gasteiger partial charge in [0.05, 0.1) is 24.5 Å². The van der Waals surface area contributed by atoms with Crippen molar-refractivity contribution < 1.29 is 0 Å². The minimum absolute atomic E-state index is 0.101.